The van der Waals surface area contributed by atoms with E-state index in [4.69, 9.17) is 0 Å². The number of nitrogens with zero attached hydrogens (tertiary/aromatic N) is 2. The van der Waals surface area contributed by atoms with Crippen molar-refractivity contribution in [2.75, 3.05) is 11.4 Å². The van der Waals surface area contributed by atoms with Crippen molar-refractivity contribution in [3.05, 3.63) is 44.3 Å². The summed E-state index contributed by atoms with van der Waals surface area (Å²) in [4.78, 5) is 30.5. The van der Waals surface area contributed by atoms with Crippen LogP contribution in [-0.2, 0) is 19.1 Å². The highest BCUT2D eigenvalue weighted by Crippen LogP contribution is 2.34. The van der Waals surface area contributed by atoms with Crippen molar-refractivity contribution in [2.45, 2.75) is 19.1 Å². The molecule has 122 valence electrons. The van der Waals surface area contributed by atoms with E-state index in [0.29, 0.717) is 17.7 Å². The van der Waals surface area contributed by atoms with Gasteiger partial charge in [0.15, 0.2) is 10.8 Å². The summed E-state index contributed by atoms with van der Waals surface area (Å²) >= 11 is 0.838. The van der Waals surface area contributed by atoms with Gasteiger partial charge in [-0.15, -0.1) is 11.3 Å². The maximum atomic E-state index is 12.6. The molecule has 0 bridgehead atoms. The van der Waals surface area contributed by atoms with Gasteiger partial charge in [-0.2, -0.15) is 13.2 Å². The molecule has 0 radical (unpaired) electrons. The van der Waals surface area contributed by atoms with Gasteiger partial charge in [0.2, 0.25) is 0 Å². The Bertz CT molecular complexity index is 828. The number of rotatable bonds is 2. The molecule has 10 heteroatoms. The highest BCUT2D eigenvalue weighted by atomic mass is 32.1. The third kappa shape index (κ3) is 2.81. The number of hydrogen-bond acceptors (Lipinski definition) is 5. The van der Waals surface area contributed by atoms with Crippen molar-refractivity contribution in [2.24, 2.45) is 0 Å². The van der Waals surface area contributed by atoms with Crippen LogP contribution >= 0.6 is 11.3 Å². The molecule has 0 aromatic carbocycles. The van der Waals surface area contributed by atoms with E-state index in [0.717, 1.165) is 22.9 Å². The number of aromatic amines is 1. The number of carboxylic acids is 1. The van der Waals surface area contributed by atoms with Gasteiger partial charge in [-0.25, -0.2) is 9.78 Å². The van der Waals surface area contributed by atoms with Gasteiger partial charge in [-0.3, -0.25) is 4.79 Å². The van der Waals surface area contributed by atoms with Crippen LogP contribution in [0, 0.1) is 0 Å². The first-order valence-electron chi connectivity index (χ1n) is 6.52. The van der Waals surface area contributed by atoms with Crippen molar-refractivity contribution >= 4 is 22.4 Å². The number of hydrogen-bond donors (Lipinski definition) is 2. The van der Waals surface area contributed by atoms with E-state index < -0.39 is 17.8 Å². The molecule has 0 fully saturated rings. The Kier molecular flexibility index (Phi) is 3.63. The first kappa shape index (κ1) is 15.5. The van der Waals surface area contributed by atoms with Crippen molar-refractivity contribution < 1.29 is 23.1 Å². The molecule has 3 heterocycles. The zero-order valence-corrected chi connectivity index (χ0v) is 12.3. The number of aromatic carboxylic acids is 1. The normalized spacial score (nSPS) is 14.7. The fourth-order valence-corrected chi connectivity index (χ4v) is 3.33. The third-order valence-electron chi connectivity index (χ3n) is 3.58. The molecule has 2 aromatic heterocycles. The van der Waals surface area contributed by atoms with Gasteiger partial charge in [0.25, 0.3) is 5.56 Å². The van der Waals surface area contributed by atoms with E-state index in [1.54, 1.807) is 4.90 Å². The number of H-pyrrole nitrogens is 1. The number of alkyl halides is 3. The average Bonchev–Trinajstić information content (AvgIpc) is 2.96. The number of nitrogens with one attached hydrogen (secondary N) is 1. The monoisotopic (exact) mass is 345 g/mol. The number of thiazole rings is 1. The minimum absolute atomic E-state index is 0.0334. The summed E-state index contributed by atoms with van der Waals surface area (Å²) in [6, 6.07) is 0. The van der Waals surface area contributed by atoms with Gasteiger partial charge in [0, 0.05) is 30.2 Å². The molecule has 0 saturated heterocycles. The molecule has 0 unspecified atom stereocenters. The quantitative estimate of drug-likeness (QED) is 0.871. The predicted octanol–water partition coefficient (Wildman–Crippen LogP) is 2.11. The minimum Gasteiger partial charge on any atom is -0.478 e. The molecule has 0 aliphatic carbocycles. The topological polar surface area (TPSA) is 86.3 Å². The van der Waals surface area contributed by atoms with Gasteiger partial charge in [0.05, 0.1) is 5.56 Å². The van der Waals surface area contributed by atoms with Gasteiger partial charge in [-0.1, -0.05) is 0 Å². The van der Waals surface area contributed by atoms with Crippen LogP contribution in [0.15, 0.2) is 16.4 Å². The summed E-state index contributed by atoms with van der Waals surface area (Å²) in [6.07, 6.45) is -3.17. The maximum absolute atomic E-state index is 12.6. The fraction of sp³-hybridized carbons (Fsp3) is 0.308. The molecule has 2 aromatic rings. The van der Waals surface area contributed by atoms with E-state index >= 15 is 0 Å². The van der Waals surface area contributed by atoms with Crippen molar-refractivity contribution in [3.63, 3.8) is 0 Å². The second-order valence-corrected chi connectivity index (χ2v) is 5.81. The molecule has 0 atom stereocenters. The molecule has 6 nitrogen and oxygen atoms in total. The number of anilines is 1. The molecule has 0 saturated carbocycles. The van der Waals surface area contributed by atoms with Crippen LogP contribution < -0.4 is 10.5 Å². The summed E-state index contributed by atoms with van der Waals surface area (Å²) in [7, 11) is 0. The first-order chi connectivity index (χ1) is 10.8. The van der Waals surface area contributed by atoms with Crippen molar-refractivity contribution in [3.8, 4) is 0 Å². The number of aromatic nitrogens is 2. The number of halogens is 3. The van der Waals surface area contributed by atoms with Gasteiger partial charge in [0.1, 0.15) is 0 Å². The van der Waals surface area contributed by atoms with Crippen LogP contribution in [0.25, 0.3) is 0 Å². The highest BCUT2D eigenvalue weighted by Gasteiger charge is 2.35. The summed E-state index contributed by atoms with van der Waals surface area (Å²) in [5.41, 5.74) is -0.741. The summed E-state index contributed by atoms with van der Waals surface area (Å²) < 4.78 is 37.9. The Labute approximate surface area is 131 Å². The molecular formula is C13H10F3N3O3S. The zero-order valence-electron chi connectivity index (χ0n) is 11.5. The third-order valence-corrected chi connectivity index (χ3v) is 4.48. The molecule has 3 rings (SSSR count). The lowest BCUT2D eigenvalue weighted by atomic mass is 9.98. The summed E-state index contributed by atoms with van der Waals surface area (Å²) in [5.74, 6) is -1.20. The van der Waals surface area contributed by atoms with Crippen LogP contribution in [0.3, 0.4) is 0 Å². The lowest BCUT2D eigenvalue weighted by molar-refractivity contribution is -0.140. The highest BCUT2D eigenvalue weighted by molar-refractivity contribution is 7.13. The number of fused-ring (bicyclic) bond motifs is 1. The SMILES string of the molecule is O=C(O)c1c[nH]c(=O)c2c1CN(c1nc(C(F)(F)F)cs1)CC2. The van der Waals surface area contributed by atoms with E-state index in [1.165, 1.54) is 0 Å². The van der Waals surface area contributed by atoms with E-state index in [1.807, 2.05) is 0 Å². The molecule has 0 spiro atoms. The Morgan fingerprint density at radius 1 is 1.39 bits per heavy atom. The molecule has 1 aliphatic rings. The van der Waals surface area contributed by atoms with Crippen LogP contribution in [0.5, 0.6) is 0 Å². The number of pyridine rings is 1. The van der Waals surface area contributed by atoms with Crippen LogP contribution in [-0.4, -0.2) is 27.6 Å². The summed E-state index contributed by atoms with van der Waals surface area (Å²) in [6.45, 7) is 0.329. The first-order valence-corrected chi connectivity index (χ1v) is 7.39. The molecule has 1 aliphatic heterocycles. The second-order valence-electron chi connectivity index (χ2n) is 4.98. The lowest BCUT2D eigenvalue weighted by Crippen LogP contribution is -2.35. The Balaban J connectivity index is 1.97. The van der Waals surface area contributed by atoms with Gasteiger partial charge < -0.3 is 15.0 Å². The Hall–Kier alpha value is -2.36. The standard InChI is InChI=1S/C13H10F3N3O3S/c14-13(15,16)9-5-23-12(18-9)19-2-1-6-8(4-19)7(11(21)22)3-17-10(6)20/h3,5H,1-2,4H2,(H,17,20)(H,21,22). The second kappa shape index (κ2) is 5.37. The van der Waals surface area contributed by atoms with E-state index in [-0.39, 0.29) is 29.2 Å². The molecule has 23 heavy (non-hydrogen) atoms. The van der Waals surface area contributed by atoms with E-state index in [2.05, 4.69) is 9.97 Å². The van der Waals surface area contributed by atoms with Gasteiger partial charge >= 0.3 is 12.1 Å². The fourth-order valence-electron chi connectivity index (χ4n) is 2.47. The Morgan fingerprint density at radius 3 is 2.74 bits per heavy atom. The van der Waals surface area contributed by atoms with Crippen molar-refractivity contribution in [1.82, 2.24) is 9.97 Å². The molecule has 2 N–H and O–H groups in total. The average molecular weight is 345 g/mol. The Morgan fingerprint density at radius 2 is 2.13 bits per heavy atom. The summed E-state index contributed by atoms with van der Waals surface area (Å²) in [5, 5.41) is 10.3. The largest absolute Gasteiger partial charge is 0.478 e. The zero-order chi connectivity index (χ0) is 16.8. The van der Waals surface area contributed by atoms with Crippen LogP contribution in [0.4, 0.5) is 18.3 Å². The molecule has 0 amide bonds. The minimum atomic E-state index is -4.52. The van der Waals surface area contributed by atoms with Crippen LogP contribution in [0.2, 0.25) is 0 Å². The van der Waals surface area contributed by atoms with Gasteiger partial charge in [-0.05, 0) is 12.0 Å². The van der Waals surface area contributed by atoms with E-state index in [9.17, 15) is 27.9 Å². The molecular weight excluding hydrogens is 335 g/mol. The van der Waals surface area contributed by atoms with Crippen molar-refractivity contribution in [1.29, 1.82) is 0 Å². The number of carbonyl (C=O) groups is 1. The lowest BCUT2D eigenvalue weighted by Gasteiger charge is -2.28. The number of carboxylic acid groups (broad SMARTS) is 1. The smallest absolute Gasteiger partial charge is 0.434 e. The predicted molar refractivity (Wildman–Crippen MR) is 75.9 cm³/mol. The maximum Gasteiger partial charge on any atom is 0.434 e. The van der Waals surface area contributed by atoms with Crippen LogP contribution in [0.1, 0.15) is 27.2 Å².